The van der Waals surface area contributed by atoms with E-state index >= 15 is 0 Å². The van der Waals surface area contributed by atoms with E-state index in [2.05, 4.69) is 0 Å². The monoisotopic (exact) mass is 182 g/mol. The van der Waals surface area contributed by atoms with Crippen molar-refractivity contribution in [2.45, 2.75) is 46.0 Å². The summed E-state index contributed by atoms with van der Waals surface area (Å²) in [6.45, 7) is 3.73. The Kier molecular flexibility index (Phi) is 3.64. The second-order valence-electron chi connectivity index (χ2n) is 3.97. The summed E-state index contributed by atoms with van der Waals surface area (Å²) in [4.78, 5) is 23.0. The molecule has 13 heavy (non-hydrogen) atoms. The van der Waals surface area contributed by atoms with Crippen molar-refractivity contribution >= 4 is 11.6 Å². The highest BCUT2D eigenvalue weighted by molar-refractivity contribution is 6.03. The topological polar surface area (TPSA) is 34.1 Å². The highest BCUT2D eigenvalue weighted by atomic mass is 16.2. The van der Waals surface area contributed by atoms with E-state index in [1.165, 1.54) is 0 Å². The molecule has 0 amide bonds. The molecule has 2 nitrogen and oxygen atoms in total. The van der Waals surface area contributed by atoms with Gasteiger partial charge in [-0.25, -0.2) is 0 Å². The maximum Gasteiger partial charge on any atom is 0.146 e. The first-order chi connectivity index (χ1) is 6.16. The molecular weight excluding hydrogens is 164 g/mol. The Bertz CT molecular complexity index is 204. The molecule has 0 aliphatic heterocycles. The van der Waals surface area contributed by atoms with Crippen LogP contribution in [0.15, 0.2) is 0 Å². The van der Waals surface area contributed by atoms with Crippen molar-refractivity contribution < 1.29 is 9.59 Å². The number of Topliss-reactive ketones (excluding diaryl/α,β-unsaturated/α-hetero) is 2. The predicted octanol–water partition coefficient (Wildman–Crippen LogP) is 2.36. The molecule has 1 rings (SSSR count). The first kappa shape index (κ1) is 10.4. The minimum Gasteiger partial charge on any atom is -0.299 e. The summed E-state index contributed by atoms with van der Waals surface area (Å²) in [5.41, 5.74) is 0. The van der Waals surface area contributed by atoms with Crippen molar-refractivity contribution in [2.75, 3.05) is 0 Å². The Hall–Kier alpha value is -0.660. The van der Waals surface area contributed by atoms with Crippen molar-refractivity contribution in [1.82, 2.24) is 0 Å². The molecule has 0 aromatic carbocycles. The molecule has 0 N–H and O–H groups in total. The van der Waals surface area contributed by atoms with Crippen LogP contribution in [0.3, 0.4) is 0 Å². The number of rotatable bonds is 5. The van der Waals surface area contributed by atoms with Gasteiger partial charge in [0.2, 0.25) is 0 Å². The lowest BCUT2D eigenvalue weighted by Gasteiger charge is -2.26. The van der Waals surface area contributed by atoms with Crippen molar-refractivity contribution in [3.63, 3.8) is 0 Å². The molecule has 2 heteroatoms. The largest absolute Gasteiger partial charge is 0.299 e. The molecular formula is C11H18O2. The van der Waals surface area contributed by atoms with Crippen LogP contribution in [0.2, 0.25) is 0 Å². The lowest BCUT2D eigenvalue weighted by Crippen LogP contribution is -2.31. The minimum absolute atomic E-state index is 0.124. The maximum atomic E-state index is 11.6. The van der Waals surface area contributed by atoms with Crippen LogP contribution in [0.4, 0.5) is 0 Å². The quantitative estimate of drug-likeness (QED) is 0.612. The zero-order valence-electron chi connectivity index (χ0n) is 8.51. The second kappa shape index (κ2) is 4.54. The summed E-state index contributed by atoms with van der Waals surface area (Å²) >= 11 is 0. The van der Waals surface area contributed by atoms with Gasteiger partial charge in [-0.05, 0) is 26.2 Å². The van der Waals surface area contributed by atoms with Gasteiger partial charge in [0.15, 0.2) is 0 Å². The highest BCUT2D eigenvalue weighted by Gasteiger charge is 2.31. The van der Waals surface area contributed by atoms with Crippen LogP contribution in [0.25, 0.3) is 0 Å². The summed E-state index contributed by atoms with van der Waals surface area (Å²) in [6.07, 6.45) is 4.57. The van der Waals surface area contributed by atoms with Gasteiger partial charge in [0.25, 0.3) is 0 Å². The predicted molar refractivity (Wildman–Crippen MR) is 51.4 cm³/mol. The zero-order chi connectivity index (χ0) is 9.84. The van der Waals surface area contributed by atoms with E-state index in [0.29, 0.717) is 6.42 Å². The fraction of sp³-hybridized carbons (Fsp3) is 0.818. The number of carbonyl (C=O) groups excluding carboxylic acids is 2. The molecule has 1 aliphatic rings. The average Bonchev–Trinajstić information content (AvgIpc) is 2.00. The van der Waals surface area contributed by atoms with E-state index in [0.717, 1.165) is 25.7 Å². The molecule has 1 atom stereocenters. The number of hydrogen-bond acceptors (Lipinski definition) is 2. The third-order valence-corrected chi connectivity index (χ3v) is 2.91. The van der Waals surface area contributed by atoms with Gasteiger partial charge in [-0.1, -0.05) is 13.3 Å². The van der Waals surface area contributed by atoms with E-state index < -0.39 is 0 Å². The molecule has 74 valence electrons. The molecule has 0 heterocycles. The van der Waals surface area contributed by atoms with E-state index in [1.807, 2.05) is 6.92 Å². The Morgan fingerprint density at radius 2 is 2.00 bits per heavy atom. The van der Waals surface area contributed by atoms with E-state index in [9.17, 15) is 9.59 Å². The SMILES string of the molecule is CCCC(=O)C(C)C(=O)C1CCC1. The molecule has 1 saturated carbocycles. The van der Waals surface area contributed by atoms with Crippen LogP contribution in [-0.2, 0) is 9.59 Å². The molecule has 0 aromatic rings. The van der Waals surface area contributed by atoms with Gasteiger partial charge in [-0.2, -0.15) is 0 Å². The van der Waals surface area contributed by atoms with Gasteiger partial charge in [0.1, 0.15) is 11.6 Å². The van der Waals surface area contributed by atoms with E-state index in [4.69, 9.17) is 0 Å². The van der Waals surface area contributed by atoms with Crippen LogP contribution in [0.5, 0.6) is 0 Å². The summed E-state index contributed by atoms with van der Waals surface area (Å²) in [6, 6.07) is 0. The van der Waals surface area contributed by atoms with E-state index in [-0.39, 0.29) is 23.4 Å². The summed E-state index contributed by atoms with van der Waals surface area (Å²) < 4.78 is 0. The summed E-state index contributed by atoms with van der Waals surface area (Å²) in [5, 5.41) is 0. The van der Waals surface area contributed by atoms with Crippen molar-refractivity contribution in [3.8, 4) is 0 Å². The molecule has 0 radical (unpaired) electrons. The third-order valence-electron chi connectivity index (χ3n) is 2.91. The van der Waals surface area contributed by atoms with Gasteiger partial charge < -0.3 is 0 Å². The van der Waals surface area contributed by atoms with Crippen molar-refractivity contribution in [3.05, 3.63) is 0 Å². The van der Waals surface area contributed by atoms with Gasteiger partial charge in [0.05, 0.1) is 5.92 Å². The number of hydrogen-bond donors (Lipinski definition) is 0. The number of carbonyl (C=O) groups is 2. The van der Waals surface area contributed by atoms with Crippen molar-refractivity contribution in [2.24, 2.45) is 11.8 Å². The molecule has 1 aliphatic carbocycles. The van der Waals surface area contributed by atoms with Gasteiger partial charge in [-0.15, -0.1) is 0 Å². The average molecular weight is 182 g/mol. The second-order valence-corrected chi connectivity index (χ2v) is 3.97. The van der Waals surface area contributed by atoms with E-state index in [1.54, 1.807) is 6.92 Å². The fourth-order valence-electron chi connectivity index (χ4n) is 1.67. The fourth-order valence-corrected chi connectivity index (χ4v) is 1.67. The van der Waals surface area contributed by atoms with Crippen LogP contribution >= 0.6 is 0 Å². The lowest BCUT2D eigenvalue weighted by molar-refractivity contribution is -0.136. The Balaban J connectivity index is 2.40. The maximum absolute atomic E-state index is 11.6. The first-order valence-corrected chi connectivity index (χ1v) is 5.23. The normalized spacial score (nSPS) is 19.2. The van der Waals surface area contributed by atoms with Crippen LogP contribution in [0.1, 0.15) is 46.0 Å². The molecule has 1 unspecified atom stereocenters. The lowest BCUT2D eigenvalue weighted by atomic mass is 9.77. The third kappa shape index (κ3) is 2.39. The molecule has 0 saturated heterocycles. The van der Waals surface area contributed by atoms with Gasteiger partial charge in [0, 0.05) is 12.3 Å². The van der Waals surface area contributed by atoms with Crippen LogP contribution < -0.4 is 0 Å². The molecule has 1 fully saturated rings. The minimum atomic E-state index is -0.342. The standard InChI is InChI=1S/C11H18O2/c1-3-5-10(12)8(2)11(13)9-6-4-7-9/h8-9H,3-7H2,1-2H3. The molecule has 0 spiro atoms. The number of ketones is 2. The molecule has 0 bridgehead atoms. The first-order valence-electron chi connectivity index (χ1n) is 5.23. The van der Waals surface area contributed by atoms with Gasteiger partial charge >= 0.3 is 0 Å². The highest BCUT2D eigenvalue weighted by Crippen LogP contribution is 2.30. The van der Waals surface area contributed by atoms with Crippen LogP contribution in [-0.4, -0.2) is 11.6 Å². The smallest absolute Gasteiger partial charge is 0.146 e. The Labute approximate surface area is 79.7 Å². The van der Waals surface area contributed by atoms with Crippen molar-refractivity contribution in [1.29, 1.82) is 0 Å². The Morgan fingerprint density at radius 1 is 1.38 bits per heavy atom. The van der Waals surface area contributed by atoms with Gasteiger partial charge in [-0.3, -0.25) is 9.59 Å². The Morgan fingerprint density at radius 3 is 2.38 bits per heavy atom. The summed E-state index contributed by atoms with van der Waals surface area (Å²) in [7, 11) is 0. The zero-order valence-corrected chi connectivity index (χ0v) is 8.51. The van der Waals surface area contributed by atoms with Crippen LogP contribution in [0, 0.1) is 11.8 Å². The molecule has 0 aromatic heterocycles. The summed E-state index contributed by atoms with van der Waals surface area (Å²) in [5.74, 6) is 0.171.